The van der Waals surface area contributed by atoms with Gasteiger partial charge in [-0.1, -0.05) is 22.0 Å². The summed E-state index contributed by atoms with van der Waals surface area (Å²) in [6.45, 7) is 2.34. The molecule has 2 aromatic rings. The second-order valence-corrected chi connectivity index (χ2v) is 6.75. The Labute approximate surface area is 121 Å². The summed E-state index contributed by atoms with van der Waals surface area (Å²) in [5, 5.41) is 1.43. The highest BCUT2D eigenvalue weighted by Gasteiger charge is 2.17. The molecule has 0 aliphatic rings. The molecule has 0 aliphatic carbocycles. The average Bonchev–Trinajstić information content (AvgIpc) is 2.39. The maximum absolute atomic E-state index is 12.3. The van der Waals surface area contributed by atoms with Crippen LogP contribution in [-0.4, -0.2) is 25.3 Å². The molecule has 0 unspecified atom stereocenters. The molecule has 4 nitrogen and oxygen atoms in total. The van der Waals surface area contributed by atoms with Gasteiger partial charge in [0.1, 0.15) is 0 Å². The van der Waals surface area contributed by atoms with Crippen LogP contribution >= 0.6 is 15.9 Å². The summed E-state index contributed by atoms with van der Waals surface area (Å²) in [7, 11) is -3.49. The molecule has 1 aromatic carbocycles. The number of sulfonamides is 1. The van der Waals surface area contributed by atoms with Crippen molar-refractivity contribution in [1.82, 2.24) is 9.71 Å². The van der Waals surface area contributed by atoms with E-state index in [9.17, 15) is 8.42 Å². The van der Waals surface area contributed by atoms with Gasteiger partial charge in [-0.25, -0.2) is 13.1 Å². The predicted octanol–water partition coefficient (Wildman–Crippen LogP) is 2.61. The Bertz CT molecular complexity index is 686. The molecule has 0 fully saturated rings. The molecular formula is C13H15BrN2O2S. The van der Waals surface area contributed by atoms with Crippen LogP contribution in [0.15, 0.2) is 35.4 Å². The minimum absolute atomic E-state index is 0.288. The molecular weight excluding hydrogens is 328 g/mol. The lowest BCUT2D eigenvalue weighted by Crippen LogP contribution is -2.25. The Balaban J connectivity index is 2.48. The zero-order chi connectivity index (χ0) is 13.9. The Morgan fingerprint density at radius 2 is 2.11 bits per heavy atom. The van der Waals surface area contributed by atoms with Gasteiger partial charge in [-0.3, -0.25) is 4.98 Å². The third-order valence-corrected chi connectivity index (χ3v) is 4.90. The molecule has 6 heteroatoms. The van der Waals surface area contributed by atoms with Crippen LogP contribution in [0.1, 0.15) is 12.0 Å². The number of nitrogens with one attached hydrogen (secondary N) is 1. The largest absolute Gasteiger partial charge is 0.256 e. The van der Waals surface area contributed by atoms with E-state index < -0.39 is 10.0 Å². The SMILES string of the molecule is Cc1ccc(S(=O)(=O)NCCCBr)c2cccnc12. The summed E-state index contributed by atoms with van der Waals surface area (Å²) in [6.07, 6.45) is 2.42. The molecule has 1 heterocycles. The number of rotatable bonds is 5. The molecule has 0 aliphatic heterocycles. The highest BCUT2D eigenvalue weighted by Crippen LogP contribution is 2.23. The van der Waals surface area contributed by atoms with E-state index in [-0.39, 0.29) is 4.90 Å². The molecule has 102 valence electrons. The number of aromatic nitrogens is 1. The maximum atomic E-state index is 12.3. The fraction of sp³-hybridized carbons (Fsp3) is 0.308. The van der Waals surface area contributed by atoms with Crippen molar-refractivity contribution in [1.29, 1.82) is 0 Å². The van der Waals surface area contributed by atoms with Crippen molar-refractivity contribution < 1.29 is 8.42 Å². The first-order valence-electron chi connectivity index (χ1n) is 5.96. The van der Waals surface area contributed by atoms with Crippen molar-refractivity contribution in [3.63, 3.8) is 0 Å². The Morgan fingerprint density at radius 3 is 2.84 bits per heavy atom. The van der Waals surface area contributed by atoms with Gasteiger partial charge < -0.3 is 0 Å². The first-order valence-corrected chi connectivity index (χ1v) is 8.56. The van der Waals surface area contributed by atoms with Crippen molar-refractivity contribution in [2.45, 2.75) is 18.2 Å². The van der Waals surface area contributed by atoms with Crippen LogP contribution in [0.4, 0.5) is 0 Å². The monoisotopic (exact) mass is 342 g/mol. The summed E-state index contributed by atoms with van der Waals surface area (Å²) in [5.74, 6) is 0. The van der Waals surface area contributed by atoms with Gasteiger partial charge in [-0.2, -0.15) is 0 Å². The number of hydrogen-bond donors (Lipinski definition) is 1. The molecule has 1 N–H and O–H groups in total. The van der Waals surface area contributed by atoms with E-state index in [0.29, 0.717) is 11.9 Å². The van der Waals surface area contributed by atoms with Crippen LogP contribution in [0.25, 0.3) is 10.9 Å². The molecule has 0 saturated heterocycles. The number of hydrogen-bond acceptors (Lipinski definition) is 3. The van der Waals surface area contributed by atoms with Crippen LogP contribution in [-0.2, 0) is 10.0 Å². The fourth-order valence-corrected chi connectivity index (χ4v) is 3.42. The first-order chi connectivity index (χ1) is 9.06. The summed E-state index contributed by atoms with van der Waals surface area (Å²) in [5.41, 5.74) is 1.70. The Kier molecular flexibility index (Phi) is 4.54. The lowest BCUT2D eigenvalue weighted by molar-refractivity contribution is 0.582. The molecule has 2 rings (SSSR count). The van der Waals surface area contributed by atoms with Gasteiger partial charge in [0.25, 0.3) is 0 Å². The molecule has 0 bridgehead atoms. The van der Waals surface area contributed by atoms with Crippen LogP contribution in [0.3, 0.4) is 0 Å². The topological polar surface area (TPSA) is 59.1 Å². The van der Waals surface area contributed by atoms with Crippen molar-refractivity contribution >= 4 is 36.9 Å². The average molecular weight is 343 g/mol. The van der Waals surface area contributed by atoms with E-state index in [0.717, 1.165) is 22.8 Å². The fourth-order valence-electron chi connectivity index (χ4n) is 1.87. The minimum atomic E-state index is -3.49. The number of nitrogens with zero attached hydrogens (tertiary/aromatic N) is 1. The predicted molar refractivity (Wildman–Crippen MR) is 80.1 cm³/mol. The number of pyridine rings is 1. The van der Waals surface area contributed by atoms with E-state index in [4.69, 9.17) is 0 Å². The van der Waals surface area contributed by atoms with Crippen LogP contribution in [0, 0.1) is 6.92 Å². The summed E-state index contributed by atoms with van der Waals surface area (Å²) in [6, 6.07) is 6.96. The van der Waals surface area contributed by atoms with Gasteiger partial charge in [0.05, 0.1) is 10.4 Å². The van der Waals surface area contributed by atoms with Crippen molar-refractivity contribution in [2.24, 2.45) is 0 Å². The van der Waals surface area contributed by atoms with Gasteiger partial charge in [0.15, 0.2) is 0 Å². The van der Waals surface area contributed by atoms with E-state index in [1.165, 1.54) is 0 Å². The lowest BCUT2D eigenvalue weighted by Gasteiger charge is -2.10. The number of aryl methyl sites for hydroxylation is 1. The summed E-state index contributed by atoms with van der Waals surface area (Å²) in [4.78, 5) is 4.54. The highest BCUT2D eigenvalue weighted by molar-refractivity contribution is 9.09. The maximum Gasteiger partial charge on any atom is 0.241 e. The summed E-state index contributed by atoms with van der Waals surface area (Å²) < 4.78 is 27.2. The third-order valence-electron chi connectivity index (χ3n) is 2.82. The molecule has 1 aromatic heterocycles. The number of fused-ring (bicyclic) bond motifs is 1. The number of benzene rings is 1. The quantitative estimate of drug-likeness (QED) is 0.671. The second kappa shape index (κ2) is 5.98. The molecule has 0 spiro atoms. The van der Waals surface area contributed by atoms with Crippen molar-refractivity contribution in [3.8, 4) is 0 Å². The highest BCUT2D eigenvalue weighted by atomic mass is 79.9. The lowest BCUT2D eigenvalue weighted by atomic mass is 10.1. The number of alkyl halides is 1. The normalized spacial score (nSPS) is 11.9. The van der Waals surface area contributed by atoms with Gasteiger partial charge in [0.2, 0.25) is 10.0 Å². The summed E-state index contributed by atoms with van der Waals surface area (Å²) >= 11 is 3.28. The second-order valence-electron chi connectivity index (χ2n) is 4.22. The standard InChI is InChI=1S/C13H15BrN2O2S/c1-10-5-6-12(11-4-2-8-15-13(10)11)19(17,18)16-9-3-7-14/h2,4-6,8,16H,3,7,9H2,1H3. The molecule has 0 amide bonds. The molecule has 0 saturated carbocycles. The zero-order valence-corrected chi connectivity index (χ0v) is 13.0. The molecule has 0 radical (unpaired) electrons. The number of halogens is 1. The van der Waals surface area contributed by atoms with E-state index in [1.54, 1.807) is 30.5 Å². The van der Waals surface area contributed by atoms with Crippen molar-refractivity contribution in [3.05, 3.63) is 36.0 Å². The van der Waals surface area contributed by atoms with Gasteiger partial charge in [0, 0.05) is 23.5 Å². The van der Waals surface area contributed by atoms with E-state index in [2.05, 4.69) is 25.6 Å². The Hall–Kier alpha value is -0.980. The van der Waals surface area contributed by atoms with Crippen LogP contribution in [0.5, 0.6) is 0 Å². The van der Waals surface area contributed by atoms with Crippen LogP contribution in [0.2, 0.25) is 0 Å². The van der Waals surface area contributed by atoms with Gasteiger partial charge >= 0.3 is 0 Å². The van der Waals surface area contributed by atoms with Gasteiger partial charge in [-0.05, 0) is 37.1 Å². The smallest absolute Gasteiger partial charge is 0.241 e. The zero-order valence-electron chi connectivity index (χ0n) is 10.6. The molecule has 0 atom stereocenters. The minimum Gasteiger partial charge on any atom is -0.256 e. The first kappa shape index (κ1) is 14.4. The van der Waals surface area contributed by atoms with E-state index in [1.807, 2.05) is 6.92 Å². The van der Waals surface area contributed by atoms with E-state index >= 15 is 0 Å². The van der Waals surface area contributed by atoms with Crippen LogP contribution < -0.4 is 4.72 Å². The Morgan fingerprint density at radius 1 is 1.32 bits per heavy atom. The third kappa shape index (κ3) is 3.13. The molecule has 19 heavy (non-hydrogen) atoms. The van der Waals surface area contributed by atoms with Gasteiger partial charge in [-0.15, -0.1) is 0 Å². The van der Waals surface area contributed by atoms with Crippen molar-refractivity contribution in [2.75, 3.05) is 11.9 Å².